The standard InChI is InChI=1S/C7H8N4OS.ClH/c8-4-6-10-5(11-12-6)3-7-9-1-2-13-7;/h1-2H,3-4,8H2;1H. The molecule has 14 heavy (non-hydrogen) atoms. The minimum absolute atomic E-state index is 0. The molecule has 0 aromatic carbocycles. The summed E-state index contributed by atoms with van der Waals surface area (Å²) in [6, 6.07) is 0. The second kappa shape index (κ2) is 5.04. The number of hydrogen-bond donors (Lipinski definition) is 1. The molecule has 0 aliphatic heterocycles. The van der Waals surface area contributed by atoms with Crippen molar-refractivity contribution in [2.45, 2.75) is 13.0 Å². The number of thiazole rings is 1. The van der Waals surface area contributed by atoms with Crippen LogP contribution in [0.5, 0.6) is 0 Å². The third-order valence-corrected chi connectivity index (χ3v) is 2.26. The van der Waals surface area contributed by atoms with Crippen LogP contribution in [0.25, 0.3) is 0 Å². The average molecular weight is 233 g/mol. The first-order valence-corrected chi connectivity index (χ1v) is 4.66. The molecule has 2 rings (SSSR count). The molecule has 0 spiro atoms. The van der Waals surface area contributed by atoms with Crippen LogP contribution >= 0.6 is 23.7 Å². The van der Waals surface area contributed by atoms with E-state index in [4.69, 9.17) is 10.3 Å². The molecule has 2 heterocycles. The van der Waals surface area contributed by atoms with E-state index in [1.807, 2.05) is 5.38 Å². The summed E-state index contributed by atoms with van der Waals surface area (Å²) >= 11 is 1.57. The maximum atomic E-state index is 5.33. The zero-order valence-electron chi connectivity index (χ0n) is 7.21. The second-order valence-electron chi connectivity index (χ2n) is 2.41. The van der Waals surface area contributed by atoms with Gasteiger partial charge in [-0.1, -0.05) is 5.16 Å². The number of halogens is 1. The highest BCUT2D eigenvalue weighted by molar-refractivity contribution is 7.09. The Morgan fingerprint density at radius 3 is 2.93 bits per heavy atom. The van der Waals surface area contributed by atoms with Crippen molar-refractivity contribution in [3.63, 3.8) is 0 Å². The second-order valence-corrected chi connectivity index (χ2v) is 3.39. The highest BCUT2D eigenvalue weighted by Gasteiger charge is 2.06. The lowest BCUT2D eigenvalue weighted by atomic mass is 10.4. The molecule has 7 heteroatoms. The first-order valence-electron chi connectivity index (χ1n) is 3.78. The van der Waals surface area contributed by atoms with E-state index in [-0.39, 0.29) is 19.0 Å². The summed E-state index contributed by atoms with van der Waals surface area (Å²) in [5, 5.41) is 6.65. The summed E-state index contributed by atoms with van der Waals surface area (Å²) in [5.41, 5.74) is 5.33. The lowest BCUT2D eigenvalue weighted by Gasteiger charge is -1.85. The average Bonchev–Trinajstić information content (AvgIpc) is 2.76. The van der Waals surface area contributed by atoms with Crippen LogP contribution in [0, 0.1) is 0 Å². The van der Waals surface area contributed by atoms with E-state index in [0.29, 0.717) is 18.1 Å². The van der Waals surface area contributed by atoms with Gasteiger partial charge in [-0.2, -0.15) is 4.98 Å². The molecule has 5 nitrogen and oxygen atoms in total. The van der Waals surface area contributed by atoms with Crippen LogP contribution in [-0.2, 0) is 13.0 Å². The van der Waals surface area contributed by atoms with Gasteiger partial charge in [0.1, 0.15) is 5.01 Å². The molecule has 0 amide bonds. The van der Waals surface area contributed by atoms with Crippen molar-refractivity contribution in [3.8, 4) is 0 Å². The van der Waals surface area contributed by atoms with Crippen LogP contribution in [0.1, 0.15) is 16.7 Å². The number of hydrogen-bond acceptors (Lipinski definition) is 6. The molecule has 0 aliphatic carbocycles. The molecule has 0 radical (unpaired) electrons. The fourth-order valence-electron chi connectivity index (χ4n) is 0.920. The summed E-state index contributed by atoms with van der Waals surface area (Å²) in [6.45, 7) is 0.283. The van der Waals surface area contributed by atoms with E-state index in [1.54, 1.807) is 17.5 Å². The summed E-state index contributed by atoms with van der Waals surface area (Å²) in [7, 11) is 0. The van der Waals surface area contributed by atoms with Crippen LogP contribution in [-0.4, -0.2) is 15.1 Å². The molecule has 2 aromatic heterocycles. The monoisotopic (exact) mass is 232 g/mol. The molecule has 2 aromatic rings. The normalized spacial score (nSPS) is 9.79. The smallest absolute Gasteiger partial charge is 0.240 e. The molecular weight excluding hydrogens is 224 g/mol. The van der Waals surface area contributed by atoms with Crippen LogP contribution in [0.2, 0.25) is 0 Å². The van der Waals surface area contributed by atoms with Gasteiger partial charge in [-0.25, -0.2) is 4.98 Å². The summed E-state index contributed by atoms with van der Waals surface area (Å²) in [6.07, 6.45) is 2.37. The lowest BCUT2D eigenvalue weighted by Crippen LogP contribution is -1.96. The van der Waals surface area contributed by atoms with Gasteiger partial charge in [0.25, 0.3) is 0 Å². The summed E-state index contributed by atoms with van der Waals surface area (Å²) in [5.74, 6) is 1.10. The van der Waals surface area contributed by atoms with Crippen molar-refractivity contribution in [1.82, 2.24) is 15.1 Å². The van der Waals surface area contributed by atoms with Gasteiger partial charge < -0.3 is 10.3 Å². The van der Waals surface area contributed by atoms with Gasteiger partial charge in [0.05, 0.1) is 13.0 Å². The van der Waals surface area contributed by atoms with E-state index >= 15 is 0 Å². The molecule has 0 saturated heterocycles. The number of rotatable bonds is 3. The van der Waals surface area contributed by atoms with Gasteiger partial charge in [0.2, 0.25) is 5.89 Å². The third-order valence-electron chi connectivity index (χ3n) is 1.48. The topological polar surface area (TPSA) is 77.8 Å². The number of nitrogens with zero attached hydrogens (tertiary/aromatic N) is 3. The molecule has 0 bridgehead atoms. The Morgan fingerprint density at radius 2 is 2.36 bits per heavy atom. The Labute approximate surface area is 90.8 Å². The summed E-state index contributed by atoms with van der Waals surface area (Å²) in [4.78, 5) is 8.18. The SMILES string of the molecule is Cl.NCc1nc(Cc2nccs2)no1. The van der Waals surface area contributed by atoms with Gasteiger partial charge >= 0.3 is 0 Å². The van der Waals surface area contributed by atoms with Crippen molar-refractivity contribution >= 4 is 23.7 Å². The van der Waals surface area contributed by atoms with Crippen LogP contribution in [0.3, 0.4) is 0 Å². The fourth-order valence-corrected chi connectivity index (χ4v) is 1.53. The molecule has 2 N–H and O–H groups in total. The highest BCUT2D eigenvalue weighted by Crippen LogP contribution is 2.09. The Kier molecular flexibility index (Phi) is 3.99. The van der Waals surface area contributed by atoms with Crippen molar-refractivity contribution in [1.29, 1.82) is 0 Å². The molecule has 0 unspecified atom stereocenters. The van der Waals surface area contributed by atoms with E-state index < -0.39 is 0 Å². The zero-order chi connectivity index (χ0) is 9.10. The Balaban J connectivity index is 0.000000980. The van der Waals surface area contributed by atoms with Gasteiger partial charge in [-0.3, -0.25) is 0 Å². The minimum atomic E-state index is 0. The summed E-state index contributed by atoms with van der Waals surface area (Å²) < 4.78 is 4.85. The molecule has 0 fully saturated rings. The van der Waals surface area contributed by atoms with E-state index in [2.05, 4.69) is 15.1 Å². The van der Waals surface area contributed by atoms with Crippen LogP contribution in [0.4, 0.5) is 0 Å². The van der Waals surface area contributed by atoms with Crippen molar-refractivity contribution < 1.29 is 4.52 Å². The van der Waals surface area contributed by atoms with Crippen LogP contribution < -0.4 is 5.73 Å². The third kappa shape index (κ3) is 2.50. The van der Waals surface area contributed by atoms with Crippen molar-refractivity contribution in [3.05, 3.63) is 28.3 Å². The van der Waals surface area contributed by atoms with Gasteiger partial charge in [0, 0.05) is 11.6 Å². The Morgan fingerprint density at radius 1 is 1.50 bits per heavy atom. The number of nitrogens with two attached hydrogens (primary N) is 1. The number of aromatic nitrogens is 3. The van der Waals surface area contributed by atoms with Gasteiger partial charge in [-0.15, -0.1) is 23.7 Å². The first-order chi connectivity index (χ1) is 6.38. The van der Waals surface area contributed by atoms with Crippen LogP contribution in [0.15, 0.2) is 16.1 Å². The Bertz CT molecular complexity index is 375. The highest BCUT2D eigenvalue weighted by atomic mass is 35.5. The predicted octanol–water partition coefficient (Wildman–Crippen LogP) is 0.997. The Hall–Kier alpha value is -0.980. The van der Waals surface area contributed by atoms with Crippen molar-refractivity contribution in [2.24, 2.45) is 5.73 Å². The lowest BCUT2D eigenvalue weighted by molar-refractivity contribution is 0.375. The molecular formula is C7H9ClN4OS. The van der Waals surface area contributed by atoms with Crippen molar-refractivity contribution in [2.75, 3.05) is 0 Å². The molecule has 76 valence electrons. The largest absolute Gasteiger partial charge is 0.338 e. The van der Waals surface area contributed by atoms with E-state index in [9.17, 15) is 0 Å². The molecule has 0 atom stereocenters. The maximum Gasteiger partial charge on any atom is 0.240 e. The predicted molar refractivity (Wildman–Crippen MR) is 54.4 cm³/mol. The minimum Gasteiger partial charge on any atom is -0.338 e. The van der Waals surface area contributed by atoms with Gasteiger partial charge in [-0.05, 0) is 0 Å². The first kappa shape index (κ1) is 11.1. The van der Waals surface area contributed by atoms with Gasteiger partial charge in [0.15, 0.2) is 5.82 Å². The zero-order valence-corrected chi connectivity index (χ0v) is 8.85. The fraction of sp³-hybridized carbons (Fsp3) is 0.286. The molecule has 0 aliphatic rings. The quantitative estimate of drug-likeness (QED) is 0.854. The van der Waals surface area contributed by atoms with E-state index in [1.165, 1.54) is 0 Å². The van der Waals surface area contributed by atoms with E-state index in [0.717, 1.165) is 5.01 Å². The molecule has 0 saturated carbocycles. The maximum absolute atomic E-state index is 5.33.